The Morgan fingerprint density at radius 1 is 1.21 bits per heavy atom. The molecule has 3 heterocycles. The van der Waals surface area contributed by atoms with E-state index in [1.807, 2.05) is 6.07 Å². The fraction of sp³-hybridized carbons (Fsp3) is 0.435. The molecule has 0 bridgehead atoms. The number of nitrogens with zero attached hydrogens (tertiary/aromatic N) is 4. The summed E-state index contributed by atoms with van der Waals surface area (Å²) in [5.41, 5.74) is 8.09. The number of aryl methyl sites for hydroxylation is 1. The molecule has 0 radical (unpaired) electrons. The van der Waals surface area contributed by atoms with E-state index in [4.69, 9.17) is 38.2 Å². The van der Waals surface area contributed by atoms with Crippen LogP contribution in [0, 0.1) is 0 Å². The van der Waals surface area contributed by atoms with E-state index in [1.54, 1.807) is 25.2 Å². The van der Waals surface area contributed by atoms with E-state index in [0.717, 1.165) is 55.9 Å². The Balaban J connectivity index is 1.28. The molecule has 2 N–H and O–H groups in total. The number of ether oxygens (including phenoxy) is 1. The highest BCUT2D eigenvalue weighted by atomic mass is 35.5. The zero-order valence-corrected chi connectivity index (χ0v) is 19.8. The number of benzene rings is 1. The van der Waals surface area contributed by atoms with Crippen molar-refractivity contribution in [2.24, 2.45) is 12.8 Å². The average molecular weight is 490 g/mol. The second-order valence-corrected chi connectivity index (χ2v) is 9.43. The molecule has 1 aliphatic heterocycles. The van der Waals surface area contributed by atoms with Crippen LogP contribution in [0.2, 0.25) is 10.0 Å². The number of rotatable bonds is 7. The van der Waals surface area contributed by atoms with E-state index in [1.165, 1.54) is 4.68 Å². The van der Waals surface area contributed by atoms with Crippen LogP contribution in [-0.2, 0) is 18.4 Å². The maximum Gasteiger partial charge on any atom is 0.267 e. The maximum absolute atomic E-state index is 11.5. The van der Waals surface area contributed by atoms with E-state index in [0.29, 0.717) is 39.5 Å². The molecule has 33 heavy (non-hydrogen) atoms. The molecule has 2 fully saturated rings. The smallest absolute Gasteiger partial charge is 0.267 e. The number of nitrogens with two attached hydrogens (primary N) is 1. The Bertz CT molecular complexity index is 1160. The third-order valence-electron chi connectivity index (χ3n) is 6.31. The highest BCUT2D eigenvalue weighted by molar-refractivity contribution is 6.39. The molecule has 0 atom stereocenters. The van der Waals surface area contributed by atoms with Gasteiger partial charge in [0.25, 0.3) is 5.91 Å². The van der Waals surface area contributed by atoms with Gasteiger partial charge in [-0.1, -0.05) is 34.4 Å². The van der Waals surface area contributed by atoms with Crippen molar-refractivity contribution in [3.63, 3.8) is 0 Å². The summed E-state index contributed by atoms with van der Waals surface area (Å²) in [6.07, 6.45) is 3.96. The van der Waals surface area contributed by atoms with Crippen molar-refractivity contribution in [3.05, 3.63) is 51.3 Å². The third kappa shape index (κ3) is 4.47. The van der Waals surface area contributed by atoms with E-state index >= 15 is 0 Å². The van der Waals surface area contributed by atoms with Crippen molar-refractivity contribution >= 4 is 34.9 Å². The molecule has 5 rings (SSSR count). The van der Waals surface area contributed by atoms with Gasteiger partial charge in [0.2, 0.25) is 0 Å². The van der Waals surface area contributed by atoms with Crippen LogP contribution < -0.4 is 10.6 Å². The first-order valence-corrected chi connectivity index (χ1v) is 11.8. The van der Waals surface area contributed by atoms with E-state index in [-0.39, 0.29) is 6.10 Å². The number of aromatic nitrogens is 3. The van der Waals surface area contributed by atoms with Crippen LogP contribution in [-0.4, -0.2) is 40.0 Å². The monoisotopic (exact) mass is 489 g/mol. The first-order chi connectivity index (χ1) is 15.9. The van der Waals surface area contributed by atoms with E-state index in [2.05, 4.69) is 15.2 Å². The highest BCUT2D eigenvalue weighted by Crippen LogP contribution is 2.46. The molecule has 2 aliphatic rings. The molecule has 2 aromatic heterocycles. The van der Waals surface area contributed by atoms with Crippen LogP contribution in [0.3, 0.4) is 0 Å². The molecular weight excluding hydrogens is 465 g/mol. The zero-order chi connectivity index (χ0) is 23.1. The largest absolute Gasteiger partial charge is 0.373 e. The fourth-order valence-electron chi connectivity index (χ4n) is 4.34. The topological polar surface area (TPSA) is 99.4 Å². The van der Waals surface area contributed by atoms with Crippen molar-refractivity contribution < 1.29 is 14.1 Å². The summed E-state index contributed by atoms with van der Waals surface area (Å²) in [7, 11) is 1.72. The standard InChI is InChI=1S/C23H25Cl2N5O3/c1-29-18(23(26)31)11-19(27-29)30-9-7-14(8-10-30)32-12-15-21(28-33-22(15)13-5-6-13)20-16(24)3-2-4-17(20)25/h2-4,11,13-14H,5-10,12H2,1H3,(H2,26,31). The molecule has 1 aliphatic carbocycles. The molecule has 3 aromatic rings. The SMILES string of the molecule is Cn1nc(N2CCC(OCc3c(-c4c(Cl)cccc4Cl)noc3C3CC3)CC2)cc1C(N)=O. The van der Waals surface area contributed by atoms with Gasteiger partial charge in [0.1, 0.15) is 17.1 Å². The molecule has 0 spiro atoms. The lowest BCUT2D eigenvalue weighted by atomic mass is 10.0. The van der Waals surface area contributed by atoms with Gasteiger partial charge < -0.3 is 19.9 Å². The van der Waals surface area contributed by atoms with Crippen LogP contribution in [0.5, 0.6) is 0 Å². The molecule has 174 valence electrons. The lowest BCUT2D eigenvalue weighted by Gasteiger charge is -2.32. The van der Waals surface area contributed by atoms with Gasteiger partial charge in [-0.25, -0.2) is 0 Å². The highest BCUT2D eigenvalue weighted by Gasteiger charge is 2.34. The third-order valence-corrected chi connectivity index (χ3v) is 6.94. The van der Waals surface area contributed by atoms with Gasteiger partial charge in [-0.15, -0.1) is 0 Å². The van der Waals surface area contributed by atoms with Crippen LogP contribution in [0.25, 0.3) is 11.3 Å². The fourth-order valence-corrected chi connectivity index (χ4v) is 4.91. The van der Waals surface area contributed by atoms with Crippen molar-refractivity contribution in [2.45, 2.75) is 44.3 Å². The zero-order valence-electron chi connectivity index (χ0n) is 18.3. The van der Waals surface area contributed by atoms with Gasteiger partial charge in [0, 0.05) is 43.2 Å². The lowest BCUT2D eigenvalue weighted by molar-refractivity contribution is 0.0245. The molecule has 0 unspecified atom stereocenters. The second kappa shape index (κ2) is 9.00. The van der Waals surface area contributed by atoms with Crippen LogP contribution in [0.4, 0.5) is 5.82 Å². The summed E-state index contributed by atoms with van der Waals surface area (Å²) in [4.78, 5) is 13.7. The summed E-state index contributed by atoms with van der Waals surface area (Å²) in [5, 5.41) is 9.83. The number of primary amides is 1. The Morgan fingerprint density at radius 2 is 1.91 bits per heavy atom. The molecule has 1 saturated carbocycles. The number of amides is 1. The van der Waals surface area contributed by atoms with Crippen LogP contribution in [0.15, 0.2) is 28.8 Å². The Kier molecular flexibility index (Phi) is 6.07. The van der Waals surface area contributed by atoms with E-state index < -0.39 is 5.91 Å². The normalized spacial score (nSPS) is 17.0. The minimum Gasteiger partial charge on any atom is -0.373 e. The molecule has 1 amide bonds. The van der Waals surface area contributed by atoms with Crippen LogP contribution in [0.1, 0.15) is 53.4 Å². The Hall–Kier alpha value is -2.55. The molecular formula is C23H25Cl2N5O3. The summed E-state index contributed by atoms with van der Waals surface area (Å²) in [6, 6.07) is 7.15. The van der Waals surface area contributed by atoms with Gasteiger partial charge >= 0.3 is 0 Å². The first kappa shape index (κ1) is 22.3. The van der Waals surface area contributed by atoms with Gasteiger partial charge in [0.15, 0.2) is 5.82 Å². The average Bonchev–Trinajstić information content (AvgIpc) is 3.43. The number of piperidine rings is 1. The predicted molar refractivity (Wildman–Crippen MR) is 126 cm³/mol. The van der Waals surface area contributed by atoms with Crippen molar-refractivity contribution in [1.29, 1.82) is 0 Å². The van der Waals surface area contributed by atoms with Crippen molar-refractivity contribution in [3.8, 4) is 11.3 Å². The summed E-state index contributed by atoms with van der Waals surface area (Å²) in [6.45, 7) is 1.96. The van der Waals surface area contributed by atoms with E-state index in [9.17, 15) is 4.79 Å². The van der Waals surface area contributed by atoms with Crippen molar-refractivity contribution in [1.82, 2.24) is 14.9 Å². The predicted octanol–water partition coefficient (Wildman–Crippen LogP) is 4.54. The molecule has 10 heteroatoms. The Morgan fingerprint density at radius 3 is 2.52 bits per heavy atom. The maximum atomic E-state index is 11.5. The van der Waals surface area contributed by atoms with Gasteiger partial charge in [-0.3, -0.25) is 9.48 Å². The molecule has 1 saturated heterocycles. The number of halogens is 2. The Labute approximate surface area is 201 Å². The number of carbonyl (C=O) groups excluding carboxylic acids is 1. The number of anilines is 1. The summed E-state index contributed by atoms with van der Waals surface area (Å²) in [5.74, 6) is 1.54. The lowest BCUT2D eigenvalue weighted by Crippen LogP contribution is -2.37. The summed E-state index contributed by atoms with van der Waals surface area (Å²) >= 11 is 12.9. The van der Waals surface area contributed by atoms with Gasteiger partial charge in [0.05, 0.1) is 22.8 Å². The van der Waals surface area contributed by atoms with Gasteiger partial charge in [-0.2, -0.15) is 5.10 Å². The second-order valence-electron chi connectivity index (χ2n) is 8.62. The first-order valence-electron chi connectivity index (χ1n) is 11.1. The number of carbonyl (C=O) groups is 1. The molecule has 8 nitrogen and oxygen atoms in total. The number of hydrogen-bond donors (Lipinski definition) is 1. The minimum atomic E-state index is -0.482. The van der Waals surface area contributed by atoms with Crippen LogP contribution >= 0.6 is 23.2 Å². The summed E-state index contributed by atoms with van der Waals surface area (Å²) < 4.78 is 13.6. The van der Waals surface area contributed by atoms with Crippen molar-refractivity contribution in [2.75, 3.05) is 18.0 Å². The quantitative estimate of drug-likeness (QED) is 0.522. The number of hydrogen-bond acceptors (Lipinski definition) is 6. The molecule has 1 aromatic carbocycles. The minimum absolute atomic E-state index is 0.0945. The van der Waals surface area contributed by atoms with Gasteiger partial charge in [-0.05, 0) is 37.8 Å².